The zero-order valence-corrected chi connectivity index (χ0v) is 25.1. The van der Waals surface area contributed by atoms with E-state index in [1.165, 1.54) is 0 Å². The van der Waals surface area contributed by atoms with E-state index in [-0.39, 0.29) is 0 Å². The molecule has 0 atom stereocenters. The molecule has 0 N–H and O–H groups in total. The first kappa shape index (κ1) is 25.4. The van der Waals surface area contributed by atoms with Crippen LogP contribution in [-0.4, -0.2) is 9.97 Å². The Balaban J connectivity index is 1.10. The van der Waals surface area contributed by atoms with Crippen molar-refractivity contribution < 1.29 is 18.3 Å². The number of aromatic nitrogens is 2. The zero-order valence-electron chi connectivity index (χ0n) is 25.1. The number of pyridine rings is 2. The predicted octanol–water partition coefficient (Wildman–Crippen LogP) is 11.4. The van der Waals surface area contributed by atoms with Crippen molar-refractivity contribution in [2.24, 2.45) is 0 Å². The van der Waals surface area contributed by atoms with E-state index in [4.69, 9.17) is 18.3 Å². The van der Waals surface area contributed by atoms with Gasteiger partial charge in [0.1, 0.15) is 22.3 Å². The lowest BCUT2D eigenvalue weighted by atomic mass is 10.1. The summed E-state index contributed by atoms with van der Waals surface area (Å²) in [7, 11) is 0. The SMILES string of the molecule is c1cncc(N2c3ccccc3Oc3cc4c(cc32)oc2cc3c(cc24)oc2cc4c(cc23)Oc2ccccc2N4c2cccnc2)c1. The van der Waals surface area contributed by atoms with Crippen molar-refractivity contribution in [1.82, 2.24) is 9.97 Å². The van der Waals surface area contributed by atoms with Crippen molar-refractivity contribution in [3.63, 3.8) is 0 Å². The monoisotopic (exact) mass is 622 g/mol. The molecule has 8 nitrogen and oxygen atoms in total. The zero-order chi connectivity index (χ0) is 31.3. The van der Waals surface area contributed by atoms with Gasteiger partial charge in [0.2, 0.25) is 0 Å². The minimum absolute atomic E-state index is 0.734. The number of furan rings is 2. The van der Waals surface area contributed by atoms with Gasteiger partial charge in [-0.05, 0) is 72.8 Å². The second-order valence-electron chi connectivity index (χ2n) is 11.9. The molecular weight excluding hydrogens is 600 g/mol. The number of para-hydroxylation sites is 4. The summed E-state index contributed by atoms with van der Waals surface area (Å²) >= 11 is 0. The summed E-state index contributed by atoms with van der Waals surface area (Å²) in [6, 6.07) is 36.3. The lowest BCUT2D eigenvalue weighted by Crippen LogP contribution is -2.15. The fraction of sp³-hybridized carbons (Fsp3) is 0. The van der Waals surface area contributed by atoms with E-state index in [2.05, 4.69) is 44.0 Å². The molecule has 9 aromatic rings. The van der Waals surface area contributed by atoms with Crippen LogP contribution in [0.5, 0.6) is 23.0 Å². The fourth-order valence-electron chi connectivity index (χ4n) is 7.07. The molecule has 48 heavy (non-hydrogen) atoms. The second-order valence-corrected chi connectivity index (χ2v) is 11.9. The predicted molar refractivity (Wildman–Crippen MR) is 186 cm³/mol. The van der Waals surface area contributed by atoms with Crippen LogP contribution in [0.1, 0.15) is 0 Å². The van der Waals surface area contributed by atoms with Crippen molar-refractivity contribution in [3.05, 3.63) is 134 Å². The quantitative estimate of drug-likeness (QED) is 0.188. The lowest BCUT2D eigenvalue weighted by molar-refractivity contribution is 0.477. The third-order valence-corrected chi connectivity index (χ3v) is 9.17. The molecule has 0 bridgehead atoms. The van der Waals surface area contributed by atoms with Gasteiger partial charge < -0.3 is 28.1 Å². The first-order valence-corrected chi connectivity index (χ1v) is 15.6. The Morgan fingerprint density at radius 1 is 0.396 bits per heavy atom. The van der Waals surface area contributed by atoms with Crippen LogP contribution in [0.15, 0.2) is 143 Å². The van der Waals surface area contributed by atoms with Crippen LogP contribution < -0.4 is 19.3 Å². The van der Waals surface area contributed by atoms with Crippen LogP contribution in [0.4, 0.5) is 34.1 Å². The Kier molecular flexibility index (Phi) is 4.96. The highest BCUT2D eigenvalue weighted by Gasteiger charge is 2.30. The smallest absolute Gasteiger partial charge is 0.152 e. The van der Waals surface area contributed by atoms with Crippen molar-refractivity contribution >= 4 is 78.0 Å². The van der Waals surface area contributed by atoms with E-state index in [0.29, 0.717) is 0 Å². The minimum atomic E-state index is 0.734. The summed E-state index contributed by atoms with van der Waals surface area (Å²) in [5.41, 5.74) is 8.52. The maximum absolute atomic E-state index is 6.57. The van der Waals surface area contributed by atoms with Gasteiger partial charge in [-0.3, -0.25) is 9.97 Å². The van der Waals surface area contributed by atoms with Gasteiger partial charge >= 0.3 is 0 Å². The van der Waals surface area contributed by atoms with E-state index in [0.717, 1.165) is 101 Å². The van der Waals surface area contributed by atoms with E-state index in [1.807, 2.05) is 97.3 Å². The number of hydrogen-bond donors (Lipinski definition) is 0. The number of fused-ring (bicyclic) bond motifs is 10. The van der Waals surface area contributed by atoms with Gasteiger partial charge in [0.05, 0.1) is 46.5 Å². The molecule has 0 fully saturated rings. The molecule has 5 aromatic carbocycles. The van der Waals surface area contributed by atoms with Crippen molar-refractivity contribution in [3.8, 4) is 23.0 Å². The lowest BCUT2D eigenvalue weighted by Gasteiger charge is -2.32. The Bertz CT molecular complexity index is 2560. The van der Waals surface area contributed by atoms with Crippen LogP contribution >= 0.6 is 0 Å². The summed E-state index contributed by atoms with van der Waals surface area (Å²) < 4.78 is 26.1. The second kappa shape index (κ2) is 9.37. The van der Waals surface area contributed by atoms with Gasteiger partial charge in [-0.1, -0.05) is 24.3 Å². The molecule has 0 saturated heterocycles. The highest BCUT2D eigenvalue weighted by atomic mass is 16.5. The van der Waals surface area contributed by atoms with Crippen LogP contribution in [0.3, 0.4) is 0 Å². The van der Waals surface area contributed by atoms with Crippen LogP contribution in [-0.2, 0) is 0 Å². The Hall–Kier alpha value is -6.80. The molecule has 0 spiro atoms. The normalized spacial score (nSPS) is 13.2. The third-order valence-electron chi connectivity index (χ3n) is 9.17. The number of anilines is 6. The first-order chi connectivity index (χ1) is 23.8. The summed E-state index contributed by atoms with van der Waals surface area (Å²) in [6.45, 7) is 0. The largest absolute Gasteiger partial charge is 0.456 e. The maximum atomic E-state index is 6.57. The number of nitrogens with zero attached hydrogens (tertiary/aromatic N) is 4. The van der Waals surface area contributed by atoms with E-state index in [9.17, 15) is 0 Å². The number of hydrogen-bond acceptors (Lipinski definition) is 8. The molecule has 0 radical (unpaired) electrons. The molecule has 0 saturated carbocycles. The Morgan fingerprint density at radius 2 is 0.833 bits per heavy atom. The standard InChI is InChI=1S/C40H22N4O4/c1-3-11-33-29(9-1)43(23-7-5-13-41-21-23)31-19-37-27(17-39(31)45-33)25-15-36-26(16-35(25)47-37)28-18-40-32(20-38(28)48-36)44(24-8-6-14-42-22-24)30-10-2-4-12-34(30)46-40/h1-22H. The highest BCUT2D eigenvalue weighted by Crippen LogP contribution is 2.54. The number of rotatable bonds is 2. The van der Waals surface area contributed by atoms with Crippen molar-refractivity contribution in [2.75, 3.05) is 9.80 Å². The molecule has 0 amide bonds. The molecule has 226 valence electrons. The molecule has 2 aliphatic rings. The Labute approximate surface area is 272 Å². The molecule has 0 aliphatic carbocycles. The van der Waals surface area contributed by atoms with Gasteiger partial charge in [-0.25, -0.2) is 0 Å². The van der Waals surface area contributed by atoms with Gasteiger partial charge in [-0.15, -0.1) is 0 Å². The van der Waals surface area contributed by atoms with Gasteiger partial charge in [0.25, 0.3) is 0 Å². The average Bonchev–Trinajstić information content (AvgIpc) is 3.66. The van der Waals surface area contributed by atoms with E-state index >= 15 is 0 Å². The van der Waals surface area contributed by atoms with Crippen LogP contribution in [0.2, 0.25) is 0 Å². The number of ether oxygens (including phenoxy) is 2. The van der Waals surface area contributed by atoms with Crippen molar-refractivity contribution in [1.29, 1.82) is 0 Å². The summed E-state index contributed by atoms with van der Waals surface area (Å²) in [5.74, 6) is 3.01. The Morgan fingerprint density at radius 3 is 1.29 bits per heavy atom. The highest BCUT2D eigenvalue weighted by molar-refractivity contribution is 6.16. The molecular formula is C40H22N4O4. The van der Waals surface area contributed by atoms with Gasteiger partial charge in [0.15, 0.2) is 23.0 Å². The maximum Gasteiger partial charge on any atom is 0.152 e. The van der Waals surface area contributed by atoms with Crippen LogP contribution in [0.25, 0.3) is 43.9 Å². The molecule has 2 aliphatic heterocycles. The minimum Gasteiger partial charge on any atom is -0.456 e. The summed E-state index contributed by atoms with van der Waals surface area (Å²) in [4.78, 5) is 13.1. The molecule has 11 rings (SSSR count). The topological polar surface area (TPSA) is 77.0 Å². The van der Waals surface area contributed by atoms with Crippen molar-refractivity contribution in [2.45, 2.75) is 0 Å². The molecule has 0 unspecified atom stereocenters. The fourth-order valence-corrected chi connectivity index (χ4v) is 7.07. The van der Waals surface area contributed by atoms with E-state index < -0.39 is 0 Å². The van der Waals surface area contributed by atoms with Gasteiger partial charge in [-0.2, -0.15) is 0 Å². The summed E-state index contributed by atoms with van der Waals surface area (Å²) in [6.07, 6.45) is 7.25. The van der Waals surface area contributed by atoms with Crippen LogP contribution in [0, 0.1) is 0 Å². The molecule has 6 heterocycles. The van der Waals surface area contributed by atoms with Gasteiger partial charge in [0, 0.05) is 46.1 Å². The summed E-state index contributed by atoms with van der Waals surface area (Å²) in [5, 5.41) is 3.77. The molecule has 8 heteroatoms. The number of benzene rings is 5. The average molecular weight is 623 g/mol. The first-order valence-electron chi connectivity index (χ1n) is 15.6. The third kappa shape index (κ3) is 3.54. The van der Waals surface area contributed by atoms with E-state index in [1.54, 1.807) is 12.4 Å². The molecule has 4 aromatic heterocycles.